The molecule has 5 rings (SSSR count). The zero-order valence-electron chi connectivity index (χ0n) is 17.4. The molecule has 1 saturated carbocycles. The maximum atomic E-state index is 11.2. The number of nitrogens with zero attached hydrogens (tertiary/aromatic N) is 3. The van der Waals surface area contributed by atoms with Crippen molar-refractivity contribution in [3.8, 4) is 16.3 Å². The summed E-state index contributed by atoms with van der Waals surface area (Å²) in [5.41, 5.74) is 7.63. The molecule has 1 aromatic carbocycles. The number of nitrogens with two attached hydrogens (primary N) is 1. The van der Waals surface area contributed by atoms with Crippen LogP contribution in [0.25, 0.3) is 10.6 Å². The summed E-state index contributed by atoms with van der Waals surface area (Å²) in [6, 6.07) is 9.10. The molecular weight excluding hydrogens is 396 g/mol. The van der Waals surface area contributed by atoms with E-state index < -0.39 is 0 Å². The zero-order chi connectivity index (χ0) is 20.5. The Morgan fingerprint density at radius 2 is 1.90 bits per heavy atom. The van der Waals surface area contributed by atoms with Crippen molar-refractivity contribution in [2.24, 2.45) is 5.73 Å². The van der Waals surface area contributed by atoms with Gasteiger partial charge in [0, 0.05) is 48.8 Å². The highest BCUT2D eigenvalue weighted by Gasteiger charge is 2.35. The van der Waals surface area contributed by atoms with Crippen LogP contribution in [0.4, 0.5) is 0 Å². The molecule has 7 heteroatoms. The second-order valence-electron chi connectivity index (χ2n) is 8.80. The first-order valence-corrected chi connectivity index (χ1v) is 12.0. The van der Waals surface area contributed by atoms with Crippen molar-refractivity contribution in [3.05, 3.63) is 34.8 Å². The molecular formula is C23H30N4O2S. The van der Waals surface area contributed by atoms with E-state index in [-0.39, 0.29) is 5.91 Å². The fourth-order valence-corrected chi connectivity index (χ4v) is 5.97. The van der Waals surface area contributed by atoms with Gasteiger partial charge in [-0.3, -0.25) is 9.69 Å². The minimum atomic E-state index is -0.271. The van der Waals surface area contributed by atoms with Gasteiger partial charge in [-0.15, -0.1) is 11.3 Å². The third kappa shape index (κ3) is 4.38. The highest BCUT2D eigenvalue weighted by Crippen LogP contribution is 2.34. The van der Waals surface area contributed by atoms with Gasteiger partial charge in [0.05, 0.1) is 12.2 Å². The molecule has 0 unspecified atom stereocenters. The number of hydrogen-bond donors (Lipinski definition) is 1. The lowest BCUT2D eigenvalue weighted by Gasteiger charge is -2.44. The number of carbonyl (C=O) groups excluding carboxylic acids is 1. The molecule has 30 heavy (non-hydrogen) atoms. The molecule has 0 bridgehead atoms. The third-order valence-corrected chi connectivity index (χ3v) is 7.70. The SMILES string of the molecule is NC(=O)CN1CCc2nc(-c3ccc(O[C@H]4C[C@H](N5CCCCC5)C4)cc3)sc2C1. The Bertz CT molecular complexity index is 885. The second-order valence-corrected chi connectivity index (χ2v) is 9.89. The van der Waals surface area contributed by atoms with Gasteiger partial charge < -0.3 is 15.4 Å². The molecule has 3 aliphatic rings. The van der Waals surface area contributed by atoms with Crippen molar-refractivity contribution in [2.45, 2.75) is 57.2 Å². The average Bonchev–Trinajstić information content (AvgIpc) is 3.14. The van der Waals surface area contributed by atoms with Crippen molar-refractivity contribution in [2.75, 3.05) is 26.2 Å². The third-order valence-electron chi connectivity index (χ3n) is 6.57. The maximum Gasteiger partial charge on any atom is 0.231 e. The Labute approximate surface area is 182 Å². The number of aromatic nitrogens is 1. The van der Waals surface area contributed by atoms with E-state index in [4.69, 9.17) is 15.5 Å². The smallest absolute Gasteiger partial charge is 0.231 e. The van der Waals surface area contributed by atoms with E-state index in [0.29, 0.717) is 12.6 Å². The highest BCUT2D eigenvalue weighted by atomic mass is 32.1. The summed E-state index contributed by atoms with van der Waals surface area (Å²) < 4.78 is 6.20. The quantitative estimate of drug-likeness (QED) is 0.769. The number of fused-ring (bicyclic) bond motifs is 1. The Morgan fingerprint density at radius 3 is 2.63 bits per heavy atom. The van der Waals surface area contributed by atoms with Crippen LogP contribution >= 0.6 is 11.3 Å². The number of ether oxygens (including phenoxy) is 1. The van der Waals surface area contributed by atoms with Gasteiger partial charge in [-0.2, -0.15) is 0 Å². The van der Waals surface area contributed by atoms with Gasteiger partial charge in [-0.05, 0) is 50.2 Å². The number of primary amides is 1. The predicted molar refractivity (Wildman–Crippen MR) is 119 cm³/mol. The average molecular weight is 427 g/mol. The Hall–Kier alpha value is -1.96. The first-order valence-electron chi connectivity index (χ1n) is 11.1. The molecule has 2 aliphatic heterocycles. The number of thiazole rings is 1. The van der Waals surface area contributed by atoms with E-state index in [2.05, 4.69) is 34.1 Å². The molecule has 3 heterocycles. The minimum absolute atomic E-state index is 0.271. The van der Waals surface area contributed by atoms with Crippen LogP contribution in [-0.2, 0) is 17.8 Å². The molecule has 0 atom stereocenters. The number of hydrogen-bond acceptors (Lipinski definition) is 6. The molecule has 0 radical (unpaired) electrons. The normalized spacial score (nSPS) is 24.8. The Morgan fingerprint density at radius 1 is 1.13 bits per heavy atom. The van der Waals surface area contributed by atoms with Crippen LogP contribution in [0.15, 0.2) is 24.3 Å². The van der Waals surface area contributed by atoms with E-state index in [1.807, 2.05) is 0 Å². The van der Waals surface area contributed by atoms with Crippen molar-refractivity contribution in [1.29, 1.82) is 0 Å². The zero-order valence-corrected chi connectivity index (χ0v) is 18.2. The molecule has 1 aliphatic carbocycles. The Balaban J connectivity index is 1.16. The van der Waals surface area contributed by atoms with Gasteiger partial charge >= 0.3 is 0 Å². The molecule has 1 amide bonds. The van der Waals surface area contributed by atoms with Gasteiger partial charge in [0.2, 0.25) is 5.91 Å². The van der Waals surface area contributed by atoms with Crippen LogP contribution in [0.5, 0.6) is 5.75 Å². The summed E-state index contributed by atoms with van der Waals surface area (Å²) in [6.07, 6.45) is 7.64. The number of piperidine rings is 1. The Kier molecular flexibility index (Phi) is 5.76. The van der Waals surface area contributed by atoms with Gasteiger partial charge in [0.25, 0.3) is 0 Å². The van der Waals surface area contributed by atoms with E-state index in [0.717, 1.165) is 60.4 Å². The number of benzene rings is 1. The van der Waals surface area contributed by atoms with Crippen LogP contribution < -0.4 is 10.5 Å². The van der Waals surface area contributed by atoms with Gasteiger partial charge in [0.1, 0.15) is 16.9 Å². The van der Waals surface area contributed by atoms with Gasteiger partial charge in [-0.1, -0.05) is 6.42 Å². The summed E-state index contributed by atoms with van der Waals surface area (Å²) in [6.45, 7) is 4.45. The molecule has 1 aromatic heterocycles. The minimum Gasteiger partial charge on any atom is -0.490 e. The summed E-state index contributed by atoms with van der Waals surface area (Å²) >= 11 is 1.72. The van der Waals surface area contributed by atoms with Gasteiger partial charge in [-0.25, -0.2) is 4.98 Å². The van der Waals surface area contributed by atoms with E-state index >= 15 is 0 Å². The van der Waals surface area contributed by atoms with Crippen molar-refractivity contribution < 1.29 is 9.53 Å². The van der Waals surface area contributed by atoms with Crippen LogP contribution in [-0.4, -0.2) is 59.0 Å². The monoisotopic (exact) mass is 426 g/mol. The predicted octanol–water partition coefficient (Wildman–Crippen LogP) is 3.05. The van der Waals surface area contributed by atoms with Crippen LogP contribution in [0.1, 0.15) is 42.7 Å². The summed E-state index contributed by atoms with van der Waals surface area (Å²) in [4.78, 5) is 22.0. The molecule has 6 nitrogen and oxygen atoms in total. The number of rotatable bonds is 6. The molecule has 2 aromatic rings. The van der Waals surface area contributed by atoms with Crippen molar-refractivity contribution >= 4 is 17.2 Å². The lowest BCUT2D eigenvalue weighted by atomic mass is 9.86. The van der Waals surface area contributed by atoms with Crippen molar-refractivity contribution in [3.63, 3.8) is 0 Å². The molecule has 0 spiro atoms. The number of carbonyl (C=O) groups is 1. The van der Waals surface area contributed by atoms with Crippen molar-refractivity contribution in [1.82, 2.24) is 14.8 Å². The second kappa shape index (κ2) is 8.65. The van der Waals surface area contributed by atoms with E-state index in [1.54, 1.807) is 11.3 Å². The topological polar surface area (TPSA) is 71.7 Å². The van der Waals surface area contributed by atoms with Crippen LogP contribution in [0.3, 0.4) is 0 Å². The number of likely N-dealkylation sites (tertiary alicyclic amines) is 1. The molecule has 2 fully saturated rings. The molecule has 1 saturated heterocycles. The maximum absolute atomic E-state index is 11.2. The summed E-state index contributed by atoms with van der Waals surface area (Å²) in [7, 11) is 0. The van der Waals surface area contributed by atoms with Crippen LogP contribution in [0.2, 0.25) is 0 Å². The lowest BCUT2D eigenvalue weighted by molar-refractivity contribution is -0.119. The summed E-state index contributed by atoms with van der Waals surface area (Å²) in [5.74, 6) is 0.683. The first-order chi connectivity index (χ1) is 14.6. The largest absolute Gasteiger partial charge is 0.490 e. The summed E-state index contributed by atoms with van der Waals surface area (Å²) in [5, 5.41) is 1.04. The van der Waals surface area contributed by atoms with E-state index in [1.165, 1.54) is 37.2 Å². The fraction of sp³-hybridized carbons (Fsp3) is 0.565. The van der Waals surface area contributed by atoms with E-state index in [9.17, 15) is 4.79 Å². The standard InChI is InChI=1S/C23H30N4O2S/c24-22(28)15-26-11-8-20-21(14-26)30-23(25-20)16-4-6-18(7-5-16)29-19-12-17(13-19)27-9-2-1-3-10-27/h4-7,17,19H,1-3,8-15H2,(H2,24,28)/t17-,19-. The number of amides is 1. The fourth-order valence-electron chi connectivity index (χ4n) is 4.81. The molecule has 160 valence electrons. The highest BCUT2D eigenvalue weighted by molar-refractivity contribution is 7.15. The molecule has 2 N–H and O–H groups in total. The first kappa shape index (κ1) is 20.0. The van der Waals surface area contributed by atoms with Gasteiger partial charge in [0.15, 0.2) is 0 Å². The van der Waals surface area contributed by atoms with Crippen LogP contribution in [0, 0.1) is 0 Å². The lowest BCUT2D eigenvalue weighted by Crippen LogP contribution is -2.50.